The molecule has 0 spiro atoms. The van der Waals surface area contributed by atoms with Crippen LogP contribution in [0.3, 0.4) is 0 Å². The fourth-order valence-electron chi connectivity index (χ4n) is 1.45. The second-order valence-corrected chi connectivity index (χ2v) is 4.45. The highest BCUT2D eigenvalue weighted by atomic mass is 16.2. The van der Waals surface area contributed by atoms with Crippen LogP contribution in [-0.2, 0) is 4.79 Å². The number of rotatable bonds is 8. The van der Waals surface area contributed by atoms with Gasteiger partial charge < -0.3 is 15.5 Å². The number of carbonyl (C=O) groups is 1. The third-order valence-electron chi connectivity index (χ3n) is 3.15. The maximum absolute atomic E-state index is 11.7. The van der Waals surface area contributed by atoms with Gasteiger partial charge in [0.2, 0.25) is 5.91 Å². The highest BCUT2D eigenvalue weighted by Gasteiger charge is 2.11. The zero-order chi connectivity index (χ0) is 12.6. The minimum absolute atomic E-state index is 0.212. The molecule has 1 unspecified atom stereocenters. The first-order valence-corrected chi connectivity index (χ1v) is 6.17. The molecule has 0 aromatic rings. The third kappa shape index (κ3) is 6.08. The summed E-state index contributed by atoms with van der Waals surface area (Å²) in [6.45, 7) is 6.59. The molecule has 0 rings (SSSR count). The lowest BCUT2D eigenvalue weighted by Crippen LogP contribution is -2.35. The van der Waals surface area contributed by atoms with Gasteiger partial charge >= 0.3 is 0 Å². The lowest BCUT2D eigenvalue weighted by Gasteiger charge is -2.24. The van der Waals surface area contributed by atoms with E-state index in [0.29, 0.717) is 19.0 Å². The van der Waals surface area contributed by atoms with Gasteiger partial charge in [-0.15, -0.1) is 0 Å². The van der Waals surface area contributed by atoms with Crippen molar-refractivity contribution in [2.75, 3.05) is 33.7 Å². The Bertz CT molecular complexity index is 197. The van der Waals surface area contributed by atoms with Gasteiger partial charge in [0.1, 0.15) is 0 Å². The van der Waals surface area contributed by atoms with Crippen LogP contribution in [0.5, 0.6) is 0 Å². The Morgan fingerprint density at radius 1 is 1.31 bits per heavy atom. The number of hydrogen-bond donors (Lipinski definition) is 1. The molecular weight excluding hydrogens is 202 g/mol. The van der Waals surface area contributed by atoms with E-state index in [1.807, 2.05) is 7.05 Å². The molecule has 0 aliphatic rings. The Hall–Kier alpha value is -0.610. The van der Waals surface area contributed by atoms with Crippen LogP contribution in [0, 0.1) is 0 Å². The number of carbonyl (C=O) groups excluding carboxylic acids is 1. The van der Waals surface area contributed by atoms with Gasteiger partial charge in [0.15, 0.2) is 0 Å². The highest BCUT2D eigenvalue weighted by Crippen LogP contribution is 2.02. The van der Waals surface area contributed by atoms with Gasteiger partial charge in [-0.25, -0.2) is 0 Å². The highest BCUT2D eigenvalue weighted by molar-refractivity contribution is 5.76. The van der Waals surface area contributed by atoms with Crippen LogP contribution in [-0.4, -0.2) is 55.5 Å². The summed E-state index contributed by atoms with van der Waals surface area (Å²) in [5.74, 6) is 0.212. The zero-order valence-corrected chi connectivity index (χ0v) is 11.2. The van der Waals surface area contributed by atoms with Crippen LogP contribution in [0.25, 0.3) is 0 Å². The van der Waals surface area contributed by atoms with E-state index in [1.54, 1.807) is 4.90 Å². The molecule has 0 radical (unpaired) electrons. The predicted molar refractivity (Wildman–Crippen MR) is 68.3 cm³/mol. The van der Waals surface area contributed by atoms with E-state index in [4.69, 9.17) is 5.73 Å². The topological polar surface area (TPSA) is 49.6 Å². The van der Waals surface area contributed by atoms with E-state index >= 15 is 0 Å². The van der Waals surface area contributed by atoms with E-state index in [0.717, 1.165) is 25.9 Å². The molecule has 0 aromatic heterocycles. The van der Waals surface area contributed by atoms with Crippen molar-refractivity contribution in [3.05, 3.63) is 0 Å². The summed E-state index contributed by atoms with van der Waals surface area (Å²) in [5, 5.41) is 0. The molecule has 4 heteroatoms. The van der Waals surface area contributed by atoms with E-state index in [9.17, 15) is 4.79 Å². The quantitative estimate of drug-likeness (QED) is 0.673. The molecule has 0 aliphatic heterocycles. The van der Waals surface area contributed by atoms with Gasteiger partial charge in [-0.1, -0.05) is 6.92 Å². The van der Waals surface area contributed by atoms with Gasteiger partial charge in [-0.2, -0.15) is 0 Å². The summed E-state index contributed by atoms with van der Waals surface area (Å²) in [6, 6.07) is 0.544. The Morgan fingerprint density at radius 2 is 1.94 bits per heavy atom. The minimum atomic E-state index is 0.212. The number of nitrogens with zero attached hydrogens (tertiary/aromatic N) is 2. The van der Waals surface area contributed by atoms with Crippen molar-refractivity contribution in [1.82, 2.24) is 9.80 Å². The molecular formula is C12H27N3O. The summed E-state index contributed by atoms with van der Waals surface area (Å²) in [4.78, 5) is 15.7. The Morgan fingerprint density at radius 3 is 2.44 bits per heavy atom. The SMILES string of the molecule is CCC(C)N(C)CCC(=O)N(C)CCCN. The largest absolute Gasteiger partial charge is 0.346 e. The number of nitrogens with two attached hydrogens (primary N) is 1. The van der Waals surface area contributed by atoms with Crippen LogP contribution >= 0.6 is 0 Å². The summed E-state index contributed by atoms with van der Waals surface area (Å²) in [5.41, 5.74) is 5.41. The zero-order valence-electron chi connectivity index (χ0n) is 11.2. The molecule has 0 aromatic carbocycles. The second-order valence-electron chi connectivity index (χ2n) is 4.45. The number of hydrogen-bond acceptors (Lipinski definition) is 3. The molecule has 0 saturated carbocycles. The van der Waals surface area contributed by atoms with E-state index in [-0.39, 0.29) is 5.91 Å². The van der Waals surface area contributed by atoms with E-state index in [1.165, 1.54) is 0 Å². The van der Waals surface area contributed by atoms with Crippen LogP contribution < -0.4 is 5.73 Å². The summed E-state index contributed by atoms with van der Waals surface area (Å²) >= 11 is 0. The molecule has 0 heterocycles. The molecule has 1 atom stereocenters. The molecule has 1 amide bonds. The van der Waals surface area contributed by atoms with E-state index in [2.05, 4.69) is 25.8 Å². The van der Waals surface area contributed by atoms with Crippen molar-refractivity contribution in [1.29, 1.82) is 0 Å². The molecule has 16 heavy (non-hydrogen) atoms. The van der Waals surface area contributed by atoms with Gasteiger partial charge in [0.05, 0.1) is 0 Å². The van der Waals surface area contributed by atoms with E-state index < -0.39 is 0 Å². The number of amides is 1. The van der Waals surface area contributed by atoms with Crippen molar-refractivity contribution in [3.63, 3.8) is 0 Å². The smallest absolute Gasteiger partial charge is 0.223 e. The molecule has 0 bridgehead atoms. The fourth-order valence-corrected chi connectivity index (χ4v) is 1.45. The van der Waals surface area contributed by atoms with Crippen LogP contribution in [0.2, 0.25) is 0 Å². The lowest BCUT2D eigenvalue weighted by atomic mass is 10.2. The molecule has 96 valence electrons. The van der Waals surface area contributed by atoms with Gasteiger partial charge in [-0.05, 0) is 33.4 Å². The summed E-state index contributed by atoms with van der Waals surface area (Å²) in [6.07, 6.45) is 2.60. The van der Waals surface area contributed by atoms with Crippen molar-refractivity contribution in [2.24, 2.45) is 5.73 Å². The van der Waals surface area contributed by atoms with Crippen LogP contribution in [0.4, 0.5) is 0 Å². The van der Waals surface area contributed by atoms with Gasteiger partial charge in [0, 0.05) is 32.6 Å². The minimum Gasteiger partial charge on any atom is -0.346 e. The average Bonchev–Trinajstić information content (AvgIpc) is 2.31. The summed E-state index contributed by atoms with van der Waals surface area (Å²) in [7, 11) is 3.92. The van der Waals surface area contributed by atoms with Crippen LogP contribution in [0.15, 0.2) is 0 Å². The molecule has 2 N–H and O–H groups in total. The normalized spacial score (nSPS) is 12.9. The van der Waals surface area contributed by atoms with Crippen molar-refractivity contribution in [3.8, 4) is 0 Å². The van der Waals surface area contributed by atoms with Crippen molar-refractivity contribution >= 4 is 5.91 Å². The second kappa shape index (κ2) is 8.53. The standard InChI is InChI=1S/C12H27N3O/c1-5-11(2)14(3)10-7-12(16)15(4)9-6-8-13/h11H,5-10,13H2,1-4H3. The monoisotopic (exact) mass is 229 g/mol. The maximum atomic E-state index is 11.7. The Labute approximate surface area is 99.8 Å². The summed E-state index contributed by atoms with van der Waals surface area (Å²) < 4.78 is 0. The van der Waals surface area contributed by atoms with Crippen molar-refractivity contribution < 1.29 is 4.79 Å². The van der Waals surface area contributed by atoms with Gasteiger partial charge in [-0.3, -0.25) is 4.79 Å². The first-order chi connectivity index (χ1) is 7.52. The molecule has 0 fully saturated rings. The van der Waals surface area contributed by atoms with Crippen LogP contribution in [0.1, 0.15) is 33.1 Å². The molecule has 0 saturated heterocycles. The maximum Gasteiger partial charge on any atom is 0.223 e. The fraction of sp³-hybridized carbons (Fsp3) is 0.917. The first kappa shape index (κ1) is 15.4. The Balaban J connectivity index is 3.79. The molecule has 0 aliphatic carbocycles. The third-order valence-corrected chi connectivity index (χ3v) is 3.15. The predicted octanol–water partition coefficient (Wildman–Crippen LogP) is 0.914. The average molecular weight is 229 g/mol. The lowest BCUT2D eigenvalue weighted by molar-refractivity contribution is -0.130. The van der Waals surface area contributed by atoms with Gasteiger partial charge in [0.25, 0.3) is 0 Å². The molecule has 4 nitrogen and oxygen atoms in total. The Kier molecular flexibility index (Phi) is 8.21. The van der Waals surface area contributed by atoms with Crippen molar-refractivity contribution in [2.45, 2.75) is 39.2 Å². The first-order valence-electron chi connectivity index (χ1n) is 6.17.